The van der Waals surface area contributed by atoms with Crippen LogP contribution >= 0.6 is 0 Å². The predicted octanol–water partition coefficient (Wildman–Crippen LogP) is 1.81. The summed E-state index contributed by atoms with van der Waals surface area (Å²) in [6, 6.07) is 4.34. The highest BCUT2D eigenvalue weighted by Gasteiger charge is 2.19. The number of halogens is 1. The first-order valence-corrected chi connectivity index (χ1v) is 6.25. The number of hydrogen-bond acceptors (Lipinski definition) is 2. The maximum Gasteiger partial charge on any atom is 0.319 e. The van der Waals surface area contributed by atoms with E-state index in [2.05, 4.69) is 22.5 Å². The molecule has 1 fully saturated rings. The molecule has 0 unspecified atom stereocenters. The van der Waals surface area contributed by atoms with Crippen LogP contribution in [0.15, 0.2) is 18.2 Å². The highest BCUT2D eigenvalue weighted by Crippen LogP contribution is 2.18. The molecule has 100 valence electrons. The summed E-state index contributed by atoms with van der Waals surface area (Å²) in [5.41, 5.74) is 5.91. The average molecular weight is 261 g/mol. The van der Waals surface area contributed by atoms with Crippen LogP contribution in [0.25, 0.3) is 0 Å². The Kier molecular flexibility index (Phi) is 4.37. The summed E-state index contributed by atoms with van der Waals surface area (Å²) in [6.45, 7) is 0.184. The molecule has 1 aromatic rings. The van der Waals surface area contributed by atoms with Gasteiger partial charge in [0.15, 0.2) is 0 Å². The van der Waals surface area contributed by atoms with Gasteiger partial charge in [-0.3, -0.25) is 0 Å². The average Bonchev–Trinajstić information content (AvgIpc) is 2.33. The molecule has 0 atom stereocenters. The minimum atomic E-state index is -0.470. The van der Waals surface area contributed by atoms with Crippen molar-refractivity contribution in [2.45, 2.75) is 25.3 Å². The van der Waals surface area contributed by atoms with Crippen LogP contribution < -0.4 is 16.4 Å². The molecule has 1 aromatic carbocycles. The minimum Gasteiger partial charge on any atom is -0.335 e. The maximum absolute atomic E-state index is 13.6. The first-order chi connectivity index (χ1) is 9.19. The summed E-state index contributed by atoms with van der Waals surface area (Å²) in [7, 11) is 0. The van der Waals surface area contributed by atoms with E-state index in [0.717, 1.165) is 19.3 Å². The van der Waals surface area contributed by atoms with Crippen LogP contribution in [-0.4, -0.2) is 18.6 Å². The van der Waals surface area contributed by atoms with Gasteiger partial charge in [-0.2, -0.15) is 0 Å². The van der Waals surface area contributed by atoms with E-state index < -0.39 is 5.82 Å². The number of carbonyl (C=O) groups excluding carboxylic acids is 1. The monoisotopic (exact) mass is 261 g/mol. The second-order valence-corrected chi connectivity index (χ2v) is 4.43. The summed E-state index contributed by atoms with van der Waals surface area (Å²) in [5, 5.41) is 5.42. The largest absolute Gasteiger partial charge is 0.335 e. The first kappa shape index (κ1) is 13.4. The van der Waals surface area contributed by atoms with E-state index in [0.29, 0.717) is 5.69 Å². The van der Waals surface area contributed by atoms with Gasteiger partial charge in [-0.15, -0.1) is 0 Å². The molecule has 2 amide bonds. The summed E-state index contributed by atoms with van der Waals surface area (Å²) in [4.78, 5) is 11.6. The third-order valence-corrected chi connectivity index (χ3v) is 2.99. The molecule has 4 N–H and O–H groups in total. The summed E-state index contributed by atoms with van der Waals surface area (Å²) < 4.78 is 13.6. The van der Waals surface area contributed by atoms with Crippen LogP contribution in [0, 0.1) is 17.7 Å². The molecular weight excluding hydrogens is 245 g/mol. The van der Waals surface area contributed by atoms with Crippen molar-refractivity contribution < 1.29 is 9.18 Å². The molecule has 0 aliphatic heterocycles. The molecule has 0 saturated heterocycles. The van der Waals surface area contributed by atoms with E-state index in [9.17, 15) is 9.18 Å². The lowest BCUT2D eigenvalue weighted by Crippen LogP contribution is -2.41. The smallest absolute Gasteiger partial charge is 0.319 e. The van der Waals surface area contributed by atoms with Gasteiger partial charge in [0.2, 0.25) is 0 Å². The number of urea groups is 1. The molecule has 0 heterocycles. The van der Waals surface area contributed by atoms with Crippen LogP contribution in [0.4, 0.5) is 14.9 Å². The molecule has 1 saturated carbocycles. The van der Waals surface area contributed by atoms with E-state index in [1.807, 2.05) is 0 Å². The fourth-order valence-corrected chi connectivity index (χ4v) is 1.75. The topological polar surface area (TPSA) is 67.1 Å². The van der Waals surface area contributed by atoms with Crippen LogP contribution in [0.2, 0.25) is 0 Å². The van der Waals surface area contributed by atoms with E-state index in [1.54, 1.807) is 6.07 Å². The number of carbonyl (C=O) groups is 1. The zero-order valence-corrected chi connectivity index (χ0v) is 10.5. The first-order valence-electron chi connectivity index (χ1n) is 6.25. The highest BCUT2D eigenvalue weighted by atomic mass is 19.1. The van der Waals surface area contributed by atoms with Crippen molar-refractivity contribution in [3.63, 3.8) is 0 Å². The molecule has 5 heteroatoms. The lowest BCUT2D eigenvalue weighted by atomic mass is 9.93. The van der Waals surface area contributed by atoms with Crippen LogP contribution in [0.5, 0.6) is 0 Å². The molecule has 0 spiro atoms. The predicted molar refractivity (Wildman–Crippen MR) is 72.1 cm³/mol. The molecule has 4 nitrogen and oxygen atoms in total. The van der Waals surface area contributed by atoms with Gasteiger partial charge in [0.25, 0.3) is 0 Å². The van der Waals surface area contributed by atoms with Gasteiger partial charge < -0.3 is 16.4 Å². The van der Waals surface area contributed by atoms with Crippen molar-refractivity contribution in [3.8, 4) is 11.8 Å². The van der Waals surface area contributed by atoms with E-state index in [-0.39, 0.29) is 24.2 Å². The number of benzene rings is 1. The lowest BCUT2D eigenvalue weighted by Gasteiger charge is -2.26. The third kappa shape index (κ3) is 3.70. The quantitative estimate of drug-likeness (QED) is 0.711. The van der Waals surface area contributed by atoms with Crippen molar-refractivity contribution in [1.82, 2.24) is 5.32 Å². The van der Waals surface area contributed by atoms with E-state index in [4.69, 9.17) is 5.73 Å². The standard InChI is InChI=1S/C14H16FN3O/c15-13-9-12(7-6-10(13)3-2-8-16)18-14(19)17-11-4-1-5-11/h6-7,9,11H,1,4-5,8,16H2,(H2,17,18,19). The molecule has 1 aliphatic carbocycles. The number of anilines is 1. The molecule has 0 radical (unpaired) electrons. The molecule has 0 bridgehead atoms. The van der Waals surface area contributed by atoms with Gasteiger partial charge >= 0.3 is 6.03 Å². The summed E-state index contributed by atoms with van der Waals surface area (Å²) >= 11 is 0. The number of amides is 2. The number of rotatable bonds is 2. The summed E-state index contributed by atoms with van der Waals surface area (Å²) in [5.74, 6) is 4.74. The van der Waals surface area contributed by atoms with Gasteiger partial charge in [-0.25, -0.2) is 9.18 Å². The third-order valence-electron chi connectivity index (χ3n) is 2.99. The Bertz CT molecular complexity index is 529. The second kappa shape index (κ2) is 6.21. The minimum absolute atomic E-state index is 0.184. The van der Waals surface area contributed by atoms with Gasteiger partial charge in [-0.1, -0.05) is 11.8 Å². The molecule has 19 heavy (non-hydrogen) atoms. The van der Waals surface area contributed by atoms with Gasteiger partial charge in [0.05, 0.1) is 12.1 Å². The fourth-order valence-electron chi connectivity index (χ4n) is 1.75. The zero-order valence-electron chi connectivity index (χ0n) is 10.5. The Morgan fingerprint density at radius 1 is 1.47 bits per heavy atom. The van der Waals surface area contributed by atoms with Gasteiger partial charge in [0, 0.05) is 11.7 Å². The van der Waals surface area contributed by atoms with Gasteiger partial charge in [0.1, 0.15) is 5.82 Å². The maximum atomic E-state index is 13.6. The Morgan fingerprint density at radius 3 is 2.84 bits per heavy atom. The molecule has 2 rings (SSSR count). The van der Waals surface area contributed by atoms with Gasteiger partial charge in [-0.05, 0) is 37.5 Å². The fraction of sp³-hybridized carbons (Fsp3) is 0.357. The highest BCUT2D eigenvalue weighted by molar-refractivity contribution is 5.89. The molecular formula is C14H16FN3O. The van der Waals surface area contributed by atoms with Crippen molar-refractivity contribution >= 4 is 11.7 Å². The van der Waals surface area contributed by atoms with Crippen molar-refractivity contribution in [1.29, 1.82) is 0 Å². The zero-order chi connectivity index (χ0) is 13.7. The van der Waals surface area contributed by atoms with Crippen LogP contribution in [0.3, 0.4) is 0 Å². The Hall–Kier alpha value is -2.06. The van der Waals surface area contributed by atoms with E-state index in [1.165, 1.54) is 12.1 Å². The Balaban J connectivity index is 1.96. The second-order valence-electron chi connectivity index (χ2n) is 4.43. The summed E-state index contributed by atoms with van der Waals surface area (Å²) in [6.07, 6.45) is 3.17. The molecule has 0 aromatic heterocycles. The normalized spacial score (nSPS) is 14.0. The van der Waals surface area contributed by atoms with Crippen molar-refractivity contribution in [2.24, 2.45) is 5.73 Å². The Labute approximate surface area is 111 Å². The Morgan fingerprint density at radius 2 is 2.26 bits per heavy atom. The SMILES string of the molecule is NCC#Cc1ccc(NC(=O)NC2CCC2)cc1F. The van der Waals surface area contributed by atoms with Crippen LogP contribution in [0.1, 0.15) is 24.8 Å². The van der Waals surface area contributed by atoms with E-state index >= 15 is 0 Å². The molecule has 1 aliphatic rings. The number of nitrogens with one attached hydrogen (secondary N) is 2. The lowest BCUT2D eigenvalue weighted by molar-refractivity contribution is 0.240. The van der Waals surface area contributed by atoms with Crippen molar-refractivity contribution in [2.75, 3.05) is 11.9 Å². The number of nitrogens with two attached hydrogens (primary N) is 1. The van der Waals surface area contributed by atoms with Crippen LogP contribution in [-0.2, 0) is 0 Å². The van der Waals surface area contributed by atoms with Crippen molar-refractivity contribution in [3.05, 3.63) is 29.6 Å². The number of hydrogen-bond donors (Lipinski definition) is 3.